The number of nitrogens with two attached hydrogens (primary N) is 1. The molecule has 1 saturated carbocycles. The molecule has 0 radical (unpaired) electrons. The topological polar surface area (TPSA) is 29.3 Å². The van der Waals surface area contributed by atoms with Gasteiger partial charge in [-0.3, -0.25) is 4.90 Å². The molecule has 2 heteroatoms. The second-order valence-electron chi connectivity index (χ2n) is 5.75. The molecule has 1 aromatic rings. The fourth-order valence-electron chi connectivity index (χ4n) is 3.60. The van der Waals surface area contributed by atoms with Gasteiger partial charge < -0.3 is 5.73 Å². The highest BCUT2D eigenvalue weighted by Crippen LogP contribution is 2.38. The lowest BCUT2D eigenvalue weighted by molar-refractivity contribution is 0.201. The number of aryl methyl sites for hydroxylation is 1. The summed E-state index contributed by atoms with van der Waals surface area (Å²) in [7, 11) is 0. The average Bonchev–Trinajstić information content (AvgIpc) is 2.91. The summed E-state index contributed by atoms with van der Waals surface area (Å²) in [5, 5.41) is 0. The van der Waals surface area contributed by atoms with Gasteiger partial charge in [0.25, 0.3) is 0 Å². The van der Waals surface area contributed by atoms with Gasteiger partial charge in [-0.15, -0.1) is 0 Å². The Bertz CT molecular complexity index is 402. The van der Waals surface area contributed by atoms with Crippen LogP contribution in [0.5, 0.6) is 0 Å². The molecule has 17 heavy (non-hydrogen) atoms. The second kappa shape index (κ2) is 4.43. The van der Waals surface area contributed by atoms with E-state index in [2.05, 4.69) is 36.1 Å². The number of likely N-dealkylation sites (tertiary alicyclic amines) is 1. The molecule has 2 aliphatic rings. The molecule has 1 aliphatic carbocycles. The predicted molar refractivity (Wildman–Crippen MR) is 70.8 cm³/mol. The standard InChI is InChI=1S/C15H22N2/c1-11-4-2-3-5-14(11)15(16)10-17-9-12-6-7-13(17)8-12/h2-5,12-13,15H,6-10,16H2,1H3. The molecule has 1 heterocycles. The summed E-state index contributed by atoms with van der Waals surface area (Å²) in [4.78, 5) is 2.62. The lowest BCUT2D eigenvalue weighted by atomic mass is 10.0. The molecule has 3 rings (SSSR count). The summed E-state index contributed by atoms with van der Waals surface area (Å²) < 4.78 is 0. The molecule has 1 aromatic carbocycles. The third-order valence-corrected chi connectivity index (χ3v) is 4.54. The summed E-state index contributed by atoms with van der Waals surface area (Å²) in [5.41, 5.74) is 9.00. The quantitative estimate of drug-likeness (QED) is 0.864. The van der Waals surface area contributed by atoms with Crippen LogP contribution in [-0.2, 0) is 0 Å². The summed E-state index contributed by atoms with van der Waals surface area (Å²) >= 11 is 0. The van der Waals surface area contributed by atoms with Crippen molar-refractivity contribution in [2.24, 2.45) is 11.7 Å². The van der Waals surface area contributed by atoms with Crippen molar-refractivity contribution < 1.29 is 0 Å². The minimum Gasteiger partial charge on any atom is -0.323 e. The van der Waals surface area contributed by atoms with E-state index in [-0.39, 0.29) is 6.04 Å². The molecule has 2 N–H and O–H groups in total. The van der Waals surface area contributed by atoms with Crippen LogP contribution in [-0.4, -0.2) is 24.0 Å². The van der Waals surface area contributed by atoms with Crippen LogP contribution in [0.15, 0.2) is 24.3 Å². The SMILES string of the molecule is Cc1ccccc1C(N)CN1CC2CCC1C2. The van der Waals surface area contributed by atoms with Crippen LogP contribution in [0.25, 0.3) is 0 Å². The normalized spacial score (nSPS) is 29.8. The van der Waals surface area contributed by atoms with Crippen molar-refractivity contribution >= 4 is 0 Å². The fraction of sp³-hybridized carbons (Fsp3) is 0.600. The summed E-state index contributed by atoms with van der Waals surface area (Å²) in [6.07, 6.45) is 4.26. The summed E-state index contributed by atoms with van der Waals surface area (Å²) in [5.74, 6) is 0.962. The van der Waals surface area contributed by atoms with Crippen LogP contribution in [0.1, 0.15) is 36.4 Å². The van der Waals surface area contributed by atoms with E-state index in [1.54, 1.807) is 0 Å². The van der Waals surface area contributed by atoms with Crippen molar-refractivity contribution in [3.05, 3.63) is 35.4 Å². The van der Waals surface area contributed by atoms with E-state index >= 15 is 0 Å². The molecule has 2 bridgehead atoms. The number of nitrogens with zero attached hydrogens (tertiary/aromatic N) is 1. The van der Waals surface area contributed by atoms with Crippen LogP contribution < -0.4 is 5.73 Å². The Morgan fingerprint density at radius 1 is 1.35 bits per heavy atom. The van der Waals surface area contributed by atoms with Gasteiger partial charge in [-0.1, -0.05) is 24.3 Å². The summed E-state index contributed by atoms with van der Waals surface area (Å²) in [6.45, 7) is 4.47. The van der Waals surface area contributed by atoms with Gasteiger partial charge in [0, 0.05) is 25.2 Å². The highest BCUT2D eigenvalue weighted by molar-refractivity contribution is 5.28. The van der Waals surface area contributed by atoms with E-state index in [0.29, 0.717) is 0 Å². The van der Waals surface area contributed by atoms with Gasteiger partial charge in [-0.05, 0) is 43.2 Å². The highest BCUT2D eigenvalue weighted by Gasteiger charge is 2.38. The third kappa shape index (κ3) is 2.12. The van der Waals surface area contributed by atoms with Gasteiger partial charge in [0.1, 0.15) is 0 Å². The van der Waals surface area contributed by atoms with Crippen molar-refractivity contribution in [2.75, 3.05) is 13.1 Å². The first-order valence-electron chi connectivity index (χ1n) is 6.79. The van der Waals surface area contributed by atoms with E-state index in [9.17, 15) is 0 Å². The first kappa shape index (κ1) is 11.2. The molecule has 3 atom stereocenters. The van der Waals surface area contributed by atoms with Crippen molar-refractivity contribution in [3.8, 4) is 0 Å². The van der Waals surface area contributed by atoms with Crippen molar-refractivity contribution in [1.29, 1.82) is 0 Å². The Balaban J connectivity index is 1.68. The Morgan fingerprint density at radius 2 is 2.18 bits per heavy atom. The van der Waals surface area contributed by atoms with E-state index in [1.807, 2.05) is 0 Å². The Morgan fingerprint density at radius 3 is 2.82 bits per heavy atom. The molecule has 1 saturated heterocycles. The molecule has 2 fully saturated rings. The van der Waals surface area contributed by atoms with Gasteiger partial charge in [-0.2, -0.15) is 0 Å². The van der Waals surface area contributed by atoms with Gasteiger partial charge in [-0.25, -0.2) is 0 Å². The molecule has 2 nitrogen and oxygen atoms in total. The lowest BCUT2D eigenvalue weighted by Crippen LogP contribution is -2.37. The number of fused-ring (bicyclic) bond motifs is 2. The molecular weight excluding hydrogens is 208 g/mol. The van der Waals surface area contributed by atoms with Gasteiger partial charge in [0.05, 0.1) is 0 Å². The van der Waals surface area contributed by atoms with E-state index in [4.69, 9.17) is 5.73 Å². The molecule has 92 valence electrons. The van der Waals surface area contributed by atoms with E-state index < -0.39 is 0 Å². The first-order chi connectivity index (χ1) is 8.24. The van der Waals surface area contributed by atoms with Crippen LogP contribution in [0.4, 0.5) is 0 Å². The van der Waals surface area contributed by atoms with Crippen molar-refractivity contribution in [2.45, 2.75) is 38.3 Å². The van der Waals surface area contributed by atoms with Crippen LogP contribution in [0.3, 0.4) is 0 Å². The maximum Gasteiger partial charge on any atom is 0.0427 e. The molecule has 0 aromatic heterocycles. The lowest BCUT2D eigenvalue weighted by Gasteiger charge is -2.29. The number of benzene rings is 1. The van der Waals surface area contributed by atoms with E-state index in [1.165, 1.54) is 36.9 Å². The van der Waals surface area contributed by atoms with Crippen LogP contribution >= 0.6 is 0 Å². The zero-order chi connectivity index (χ0) is 11.8. The smallest absolute Gasteiger partial charge is 0.0427 e. The molecule has 0 amide bonds. The van der Waals surface area contributed by atoms with Gasteiger partial charge in [0.2, 0.25) is 0 Å². The monoisotopic (exact) mass is 230 g/mol. The Kier molecular flexibility index (Phi) is 2.93. The largest absolute Gasteiger partial charge is 0.323 e. The van der Waals surface area contributed by atoms with Crippen molar-refractivity contribution in [1.82, 2.24) is 4.90 Å². The molecule has 0 spiro atoms. The summed E-state index contributed by atoms with van der Waals surface area (Å²) in [6, 6.07) is 9.52. The maximum absolute atomic E-state index is 6.37. The van der Waals surface area contributed by atoms with Gasteiger partial charge in [0.15, 0.2) is 0 Å². The second-order valence-corrected chi connectivity index (χ2v) is 5.75. The third-order valence-electron chi connectivity index (χ3n) is 4.54. The fourth-order valence-corrected chi connectivity index (χ4v) is 3.60. The highest BCUT2D eigenvalue weighted by atomic mass is 15.2. The number of rotatable bonds is 3. The van der Waals surface area contributed by atoms with Crippen LogP contribution in [0, 0.1) is 12.8 Å². The first-order valence-corrected chi connectivity index (χ1v) is 6.79. The predicted octanol–water partition coefficient (Wildman–Crippen LogP) is 2.48. The van der Waals surface area contributed by atoms with Crippen LogP contribution in [0.2, 0.25) is 0 Å². The molecular formula is C15H22N2. The number of hydrogen-bond acceptors (Lipinski definition) is 2. The molecule has 3 unspecified atom stereocenters. The Hall–Kier alpha value is -0.860. The van der Waals surface area contributed by atoms with E-state index in [0.717, 1.165) is 18.5 Å². The zero-order valence-corrected chi connectivity index (χ0v) is 10.6. The van der Waals surface area contributed by atoms with Crippen molar-refractivity contribution in [3.63, 3.8) is 0 Å². The number of piperidine rings is 1. The van der Waals surface area contributed by atoms with Gasteiger partial charge >= 0.3 is 0 Å². The maximum atomic E-state index is 6.37. The molecule has 1 aliphatic heterocycles. The zero-order valence-electron chi connectivity index (χ0n) is 10.6. The minimum atomic E-state index is 0.176. The average molecular weight is 230 g/mol. The Labute approximate surface area is 104 Å². The number of hydrogen-bond donors (Lipinski definition) is 1. The minimum absolute atomic E-state index is 0.176.